The molecule has 0 amide bonds. The number of fused-ring (bicyclic) bond motifs is 3. The van der Waals surface area contributed by atoms with Crippen LogP contribution in [0.3, 0.4) is 0 Å². The number of halogens is 3. The first-order chi connectivity index (χ1) is 15.4. The van der Waals surface area contributed by atoms with Crippen LogP contribution in [0.4, 0.5) is 13.2 Å². The van der Waals surface area contributed by atoms with E-state index in [-0.39, 0.29) is 11.6 Å². The smallest absolute Gasteiger partial charge is 0.381 e. The largest absolute Gasteiger partial charge is 0.433 e. The van der Waals surface area contributed by atoms with Gasteiger partial charge in [0.05, 0.1) is 17.2 Å². The molecule has 0 radical (unpaired) electrons. The molecule has 8 heteroatoms. The normalized spacial score (nSPS) is 15.5. The number of hydrogen-bond acceptors (Lipinski definition) is 4. The van der Waals surface area contributed by atoms with Crippen LogP contribution in [-0.2, 0) is 17.3 Å². The molecule has 2 aromatic carbocycles. The van der Waals surface area contributed by atoms with Crippen LogP contribution in [0.15, 0.2) is 59.8 Å². The summed E-state index contributed by atoms with van der Waals surface area (Å²) in [6.07, 6.45) is 0.246. The summed E-state index contributed by atoms with van der Waals surface area (Å²) in [6, 6.07) is 11.9. The predicted molar refractivity (Wildman–Crippen MR) is 115 cm³/mol. The highest BCUT2D eigenvalue weighted by molar-refractivity contribution is 6.06. The van der Waals surface area contributed by atoms with Gasteiger partial charge in [-0.25, -0.2) is 4.98 Å². The zero-order valence-electron chi connectivity index (χ0n) is 17.1. The maximum absolute atomic E-state index is 13.4. The molecule has 0 aliphatic carbocycles. The van der Waals surface area contributed by atoms with Crippen molar-refractivity contribution in [1.82, 2.24) is 14.5 Å². The molecule has 0 saturated carbocycles. The Labute approximate surface area is 181 Å². The lowest BCUT2D eigenvalue weighted by molar-refractivity contribution is -0.141. The molecule has 1 saturated heterocycles. The average Bonchev–Trinajstić information content (AvgIpc) is 2.80. The minimum atomic E-state index is -4.48. The number of rotatable bonds is 3. The Balaban J connectivity index is 1.62. The first kappa shape index (κ1) is 20.6. The van der Waals surface area contributed by atoms with E-state index in [1.165, 1.54) is 12.3 Å². The van der Waals surface area contributed by atoms with Gasteiger partial charge in [0.25, 0.3) is 5.56 Å². The van der Waals surface area contributed by atoms with Gasteiger partial charge in [0.1, 0.15) is 5.69 Å². The van der Waals surface area contributed by atoms with Crippen LogP contribution >= 0.6 is 0 Å². The molecule has 5 nitrogen and oxygen atoms in total. The second-order valence-corrected chi connectivity index (χ2v) is 8.00. The Morgan fingerprint density at radius 2 is 1.75 bits per heavy atom. The van der Waals surface area contributed by atoms with Gasteiger partial charge in [-0.1, -0.05) is 30.3 Å². The highest BCUT2D eigenvalue weighted by Gasteiger charge is 2.32. The van der Waals surface area contributed by atoms with Gasteiger partial charge in [-0.05, 0) is 47.9 Å². The molecule has 0 atom stereocenters. The summed E-state index contributed by atoms with van der Waals surface area (Å²) in [5.41, 5.74) is 1.07. The number of hydrogen-bond donors (Lipinski definition) is 0. The van der Waals surface area contributed by atoms with Crippen LogP contribution in [0.2, 0.25) is 0 Å². The molecule has 1 fully saturated rings. The van der Waals surface area contributed by atoms with Crippen LogP contribution in [0.1, 0.15) is 35.7 Å². The van der Waals surface area contributed by atoms with Gasteiger partial charge in [0, 0.05) is 30.8 Å². The third kappa shape index (κ3) is 3.75. The fourth-order valence-electron chi connectivity index (χ4n) is 4.33. The van der Waals surface area contributed by atoms with Gasteiger partial charge in [-0.3, -0.25) is 14.3 Å². The highest BCUT2D eigenvalue weighted by Crippen LogP contribution is 2.30. The lowest BCUT2D eigenvalue weighted by atomic mass is 9.96. The van der Waals surface area contributed by atoms with Crippen molar-refractivity contribution in [2.24, 2.45) is 0 Å². The van der Waals surface area contributed by atoms with E-state index >= 15 is 0 Å². The number of benzene rings is 2. The van der Waals surface area contributed by atoms with E-state index in [4.69, 9.17) is 4.74 Å². The van der Waals surface area contributed by atoms with E-state index in [9.17, 15) is 18.0 Å². The van der Waals surface area contributed by atoms with Crippen molar-refractivity contribution < 1.29 is 17.9 Å². The van der Waals surface area contributed by atoms with Crippen molar-refractivity contribution in [2.45, 2.75) is 31.5 Å². The molecule has 5 rings (SSSR count). The minimum Gasteiger partial charge on any atom is -0.381 e. The quantitative estimate of drug-likeness (QED) is 0.426. The third-order valence-corrected chi connectivity index (χ3v) is 5.97. The molecule has 0 spiro atoms. The molecule has 0 N–H and O–H groups in total. The van der Waals surface area contributed by atoms with Crippen LogP contribution < -0.4 is 5.56 Å². The monoisotopic (exact) mass is 439 g/mol. The van der Waals surface area contributed by atoms with Gasteiger partial charge >= 0.3 is 6.18 Å². The zero-order chi connectivity index (χ0) is 22.3. The summed E-state index contributed by atoms with van der Waals surface area (Å²) in [5.74, 6) is 0. The molecule has 0 unspecified atom stereocenters. The van der Waals surface area contributed by atoms with E-state index in [1.807, 2.05) is 30.3 Å². The minimum absolute atomic E-state index is 0.0437. The van der Waals surface area contributed by atoms with Crippen molar-refractivity contribution in [1.29, 1.82) is 0 Å². The molecule has 32 heavy (non-hydrogen) atoms. The molecule has 4 aromatic rings. The fourth-order valence-corrected chi connectivity index (χ4v) is 4.33. The molecule has 3 heterocycles. The van der Waals surface area contributed by atoms with Crippen LogP contribution in [0.25, 0.3) is 21.7 Å². The van der Waals surface area contributed by atoms with Crippen LogP contribution in [0, 0.1) is 0 Å². The van der Waals surface area contributed by atoms with Gasteiger partial charge in [0.2, 0.25) is 0 Å². The first-order valence-electron chi connectivity index (χ1n) is 10.4. The van der Waals surface area contributed by atoms with E-state index in [0.717, 1.165) is 35.2 Å². The number of alkyl halides is 3. The Morgan fingerprint density at radius 1 is 1.00 bits per heavy atom. The molecular weight excluding hydrogens is 419 g/mol. The first-order valence-corrected chi connectivity index (χ1v) is 10.4. The molecule has 164 valence electrons. The number of ether oxygens (including phenoxy) is 1. The summed E-state index contributed by atoms with van der Waals surface area (Å²) in [5, 5.41) is 2.26. The maximum atomic E-state index is 13.4. The lowest BCUT2D eigenvalue weighted by Crippen LogP contribution is -2.29. The Bertz CT molecular complexity index is 1340. The second-order valence-electron chi connectivity index (χ2n) is 8.00. The van der Waals surface area contributed by atoms with Gasteiger partial charge in [0.15, 0.2) is 0 Å². The van der Waals surface area contributed by atoms with Crippen LogP contribution in [-0.4, -0.2) is 27.7 Å². The second kappa shape index (κ2) is 8.02. The van der Waals surface area contributed by atoms with Crippen molar-refractivity contribution in [2.75, 3.05) is 13.2 Å². The van der Waals surface area contributed by atoms with Crippen molar-refractivity contribution in [3.63, 3.8) is 0 Å². The van der Waals surface area contributed by atoms with Crippen molar-refractivity contribution >= 4 is 21.7 Å². The SMILES string of the molecule is O=c1c2cc(Cc3ccc(C(F)(F)F)nc3)c3ccccc3c2ncn1C1CCOCC1. The Morgan fingerprint density at radius 3 is 2.44 bits per heavy atom. The summed E-state index contributed by atoms with van der Waals surface area (Å²) < 4.78 is 45.6. The Kier molecular flexibility index (Phi) is 5.17. The van der Waals surface area contributed by atoms with Gasteiger partial charge in [-0.2, -0.15) is 13.2 Å². The van der Waals surface area contributed by atoms with Crippen molar-refractivity contribution in [3.8, 4) is 0 Å². The molecule has 1 aliphatic heterocycles. The zero-order valence-corrected chi connectivity index (χ0v) is 17.1. The lowest BCUT2D eigenvalue weighted by Gasteiger charge is -2.24. The average molecular weight is 439 g/mol. The maximum Gasteiger partial charge on any atom is 0.433 e. The molecule has 0 bridgehead atoms. The van der Waals surface area contributed by atoms with Crippen LogP contribution in [0.5, 0.6) is 0 Å². The number of nitrogens with zero attached hydrogens (tertiary/aromatic N) is 3. The van der Waals surface area contributed by atoms with E-state index in [2.05, 4.69) is 9.97 Å². The summed E-state index contributed by atoms with van der Waals surface area (Å²) in [7, 11) is 0. The predicted octanol–water partition coefficient (Wildman–Crippen LogP) is 4.91. The summed E-state index contributed by atoms with van der Waals surface area (Å²) in [4.78, 5) is 21.6. The van der Waals surface area contributed by atoms with Gasteiger partial charge < -0.3 is 4.74 Å². The fraction of sp³-hybridized carbons (Fsp3) is 0.292. The molecule has 2 aromatic heterocycles. The van der Waals surface area contributed by atoms with E-state index < -0.39 is 11.9 Å². The van der Waals surface area contributed by atoms with Crippen molar-refractivity contribution in [3.05, 3.63) is 82.2 Å². The van der Waals surface area contributed by atoms with E-state index in [1.54, 1.807) is 10.9 Å². The topological polar surface area (TPSA) is 57.0 Å². The third-order valence-electron chi connectivity index (χ3n) is 5.97. The Hall–Kier alpha value is -3.26. The molecule has 1 aliphatic rings. The summed E-state index contributed by atoms with van der Waals surface area (Å²) >= 11 is 0. The van der Waals surface area contributed by atoms with E-state index in [0.29, 0.717) is 36.1 Å². The molecular formula is C24H20F3N3O2. The highest BCUT2D eigenvalue weighted by atomic mass is 19.4. The number of pyridine rings is 1. The number of aromatic nitrogens is 3. The standard InChI is InChI=1S/C24H20F3N3O2/c25-24(26,27)21-6-5-15(13-28-21)11-16-12-20-22(19-4-2-1-3-18(16)19)29-14-30(23(20)31)17-7-9-32-10-8-17/h1-6,12-14,17H,7-11H2. The van der Waals surface area contributed by atoms with Gasteiger partial charge in [-0.15, -0.1) is 0 Å². The summed E-state index contributed by atoms with van der Waals surface area (Å²) in [6.45, 7) is 1.22.